The molecule has 0 radical (unpaired) electrons. The maximum atomic E-state index is 13.2. The van der Waals surface area contributed by atoms with Crippen LogP contribution in [-0.2, 0) is 25.3 Å². The first-order valence-corrected chi connectivity index (χ1v) is 10.6. The summed E-state index contributed by atoms with van der Waals surface area (Å²) in [6.45, 7) is 0.128. The molecule has 1 N–H and O–H groups in total. The van der Waals surface area contributed by atoms with Gasteiger partial charge in [0.2, 0.25) is 6.79 Å². The van der Waals surface area contributed by atoms with Crippen molar-refractivity contribution in [3.05, 3.63) is 83.2 Å². The second-order valence-electron chi connectivity index (χ2n) is 7.90. The Kier molecular flexibility index (Phi) is 6.95. The largest absolute Gasteiger partial charge is 0.454 e. The van der Waals surface area contributed by atoms with E-state index in [0.29, 0.717) is 41.3 Å². The molecule has 2 aromatic carbocycles. The van der Waals surface area contributed by atoms with Crippen LogP contribution in [0.15, 0.2) is 60.8 Å². The Morgan fingerprint density at radius 2 is 1.61 bits per heavy atom. The van der Waals surface area contributed by atoms with Gasteiger partial charge in [-0.2, -0.15) is 26.3 Å². The van der Waals surface area contributed by atoms with Gasteiger partial charge in [-0.15, -0.1) is 0 Å². The van der Waals surface area contributed by atoms with E-state index >= 15 is 0 Å². The molecule has 2 heterocycles. The third-order valence-electron chi connectivity index (χ3n) is 5.30. The average molecular weight is 511 g/mol. The summed E-state index contributed by atoms with van der Waals surface area (Å²) in [4.78, 5) is 18.5. The fourth-order valence-corrected chi connectivity index (χ4v) is 3.54. The number of fused-ring (bicyclic) bond motifs is 1. The molecule has 0 fully saturated rings. The Labute approximate surface area is 201 Å². The molecule has 12 heteroatoms. The number of carbonyl (C=O) groups is 1. The highest BCUT2D eigenvalue weighted by Crippen LogP contribution is 2.38. The van der Waals surface area contributed by atoms with E-state index < -0.39 is 35.2 Å². The van der Waals surface area contributed by atoms with E-state index in [1.54, 1.807) is 42.6 Å². The van der Waals surface area contributed by atoms with Crippen LogP contribution in [0, 0.1) is 0 Å². The van der Waals surface area contributed by atoms with Gasteiger partial charge >= 0.3 is 18.4 Å². The highest BCUT2D eigenvalue weighted by molar-refractivity contribution is 5.89. The number of nitrogens with one attached hydrogen (secondary N) is 1. The smallest absolute Gasteiger partial charge is 0.416 e. The lowest BCUT2D eigenvalue weighted by Crippen LogP contribution is -2.36. The van der Waals surface area contributed by atoms with E-state index in [1.807, 2.05) is 0 Å². The van der Waals surface area contributed by atoms with Crippen molar-refractivity contribution in [2.45, 2.75) is 25.3 Å². The van der Waals surface area contributed by atoms with E-state index in [-0.39, 0.29) is 25.9 Å². The second kappa shape index (κ2) is 9.96. The predicted octanol–water partition coefficient (Wildman–Crippen LogP) is 6.12. The molecule has 1 aliphatic rings. The molecule has 6 nitrogen and oxygen atoms in total. The topological polar surface area (TPSA) is 63.7 Å². The number of rotatable bonds is 6. The zero-order valence-electron chi connectivity index (χ0n) is 18.5. The number of nitrogens with zero attached hydrogens (tertiary/aromatic N) is 2. The molecule has 190 valence electrons. The lowest BCUT2D eigenvalue weighted by molar-refractivity contribution is -0.143. The van der Waals surface area contributed by atoms with E-state index in [4.69, 9.17) is 9.47 Å². The summed E-state index contributed by atoms with van der Waals surface area (Å²) in [5.41, 5.74) is -2.41. The van der Waals surface area contributed by atoms with Crippen molar-refractivity contribution in [1.29, 1.82) is 0 Å². The summed E-state index contributed by atoms with van der Waals surface area (Å²) < 4.78 is 89.9. The number of hydrogen-bond donors (Lipinski definition) is 1. The zero-order chi connectivity index (χ0) is 25.9. The van der Waals surface area contributed by atoms with Crippen LogP contribution < -0.4 is 14.8 Å². The molecule has 0 bridgehead atoms. The Bertz CT molecular complexity index is 1200. The molecule has 0 unspecified atom stereocenters. The minimum Gasteiger partial charge on any atom is -0.454 e. The van der Waals surface area contributed by atoms with Crippen LogP contribution >= 0.6 is 0 Å². The second-order valence-corrected chi connectivity index (χ2v) is 7.90. The Morgan fingerprint density at radius 1 is 0.917 bits per heavy atom. The van der Waals surface area contributed by atoms with Crippen LogP contribution in [0.4, 0.5) is 36.8 Å². The zero-order valence-corrected chi connectivity index (χ0v) is 18.5. The van der Waals surface area contributed by atoms with Crippen LogP contribution in [0.1, 0.15) is 22.4 Å². The summed E-state index contributed by atoms with van der Waals surface area (Å²) >= 11 is 0. The van der Waals surface area contributed by atoms with Crippen LogP contribution in [-0.4, -0.2) is 29.3 Å². The molecule has 0 saturated carbocycles. The molecule has 3 aromatic rings. The molecular formula is C24H19F6N3O3. The van der Waals surface area contributed by atoms with Gasteiger partial charge < -0.3 is 19.7 Å². The standard InChI is InChI=1S/C24H19F6N3O3/c25-23(26,27)16-10-17(24(28,29)30)12-19(11-16)32-22(34)33(8-6-18-3-1-2-7-31-18)13-15-4-5-20-21(9-15)36-14-35-20/h1-5,7,9-12H,6,8,13-14H2,(H,32,34). The fraction of sp³-hybridized carbons (Fsp3) is 0.250. The summed E-state index contributed by atoms with van der Waals surface area (Å²) in [5.74, 6) is 0.983. The summed E-state index contributed by atoms with van der Waals surface area (Å²) in [5, 5.41) is 2.19. The number of hydrogen-bond acceptors (Lipinski definition) is 4. The first-order valence-electron chi connectivity index (χ1n) is 10.6. The van der Waals surface area contributed by atoms with Crippen molar-refractivity contribution in [2.75, 3.05) is 18.7 Å². The number of urea groups is 1. The molecule has 0 saturated heterocycles. The summed E-state index contributed by atoms with van der Waals surface area (Å²) in [7, 11) is 0. The SMILES string of the molecule is O=C(Nc1cc(C(F)(F)F)cc(C(F)(F)F)c1)N(CCc1ccccn1)Cc1ccc2c(c1)OCO2. The highest BCUT2D eigenvalue weighted by Gasteiger charge is 2.37. The molecule has 0 spiro atoms. The van der Waals surface area contributed by atoms with Crippen LogP contribution in [0.5, 0.6) is 11.5 Å². The van der Waals surface area contributed by atoms with Crippen molar-refractivity contribution in [3.63, 3.8) is 0 Å². The number of aromatic nitrogens is 1. The van der Waals surface area contributed by atoms with E-state index in [9.17, 15) is 31.1 Å². The van der Waals surface area contributed by atoms with Crippen molar-refractivity contribution in [2.24, 2.45) is 0 Å². The van der Waals surface area contributed by atoms with Crippen LogP contribution in [0.3, 0.4) is 0 Å². The molecular weight excluding hydrogens is 492 g/mol. The molecule has 0 aliphatic carbocycles. The Balaban J connectivity index is 1.59. The van der Waals surface area contributed by atoms with Crippen molar-refractivity contribution >= 4 is 11.7 Å². The minimum absolute atomic E-state index is 0.000393. The third kappa shape index (κ3) is 6.18. The van der Waals surface area contributed by atoms with Crippen LogP contribution in [0.25, 0.3) is 0 Å². The number of alkyl halides is 6. The normalized spacial score (nSPS) is 12.9. The predicted molar refractivity (Wildman–Crippen MR) is 116 cm³/mol. The van der Waals surface area contributed by atoms with Gasteiger partial charge in [0.05, 0.1) is 11.1 Å². The number of pyridine rings is 1. The van der Waals surface area contributed by atoms with E-state index in [1.165, 1.54) is 4.90 Å². The maximum absolute atomic E-state index is 13.2. The maximum Gasteiger partial charge on any atom is 0.416 e. The number of carbonyl (C=O) groups excluding carboxylic acids is 1. The Hall–Kier alpha value is -3.96. The van der Waals surface area contributed by atoms with E-state index in [2.05, 4.69) is 10.3 Å². The minimum atomic E-state index is -5.04. The van der Waals surface area contributed by atoms with Crippen molar-refractivity contribution in [1.82, 2.24) is 9.88 Å². The first-order chi connectivity index (χ1) is 17.0. The monoisotopic (exact) mass is 511 g/mol. The molecule has 1 aromatic heterocycles. The lowest BCUT2D eigenvalue weighted by atomic mass is 10.1. The average Bonchev–Trinajstić information content (AvgIpc) is 3.29. The van der Waals surface area contributed by atoms with Crippen molar-refractivity contribution < 1.29 is 40.6 Å². The molecule has 0 atom stereocenters. The third-order valence-corrected chi connectivity index (χ3v) is 5.30. The molecule has 4 rings (SSSR count). The number of anilines is 1. The molecule has 1 aliphatic heterocycles. The van der Waals surface area contributed by atoms with Gasteiger partial charge in [0.25, 0.3) is 0 Å². The van der Waals surface area contributed by atoms with Gasteiger partial charge in [-0.05, 0) is 48.0 Å². The number of ether oxygens (including phenoxy) is 2. The number of amides is 2. The molecule has 36 heavy (non-hydrogen) atoms. The molecule has 2 amide bonds. The highest BCUT2D eigenvalue weighted by atomic mass is 19.4. The number of benzene rings is 2. The summed E-state index contributed by atoms with van der Waals surface area (Å²) in [6, 6.07) is 10.2. The fourth-order valence-electron chi connectivity index (χ4n) is 3.54. The van der Waals surface area contributed by atoms with Gasteiger partial charge in [0.15, 0.2) is 11.5 Å². The van der Waals surface area contributed by atoms with Crippen molar-refractivity contribution in [3.8, 4) is 11.5 Å². The van der Waals surface area contributed by atoms with E-state index in [0.717, 1.165) is 0 Å². The quantitative estimate of drug-likeness (QED) is 0.405. The van der Waals surface area contributed by atoms with Gasteiger partial charge in [-0.25, -0.2) is 4.79 Å². The van der Waals surface area contributed by atoms with Gasteiger partial charge in [0, 0.05) is 37.1 Å². The van der Waals surface area contributed by atoms with Crippen LogP contribution in [0.2, 0.25) is 0 Å². The first kappa shape index (κ1) is 25.1. The number of halogens is 6. The summed E-state index contributed by atoms with van der Waals surface area (Å²) in [6.07, 6.45) is -8.20. The van der Waals surface area contributed by atoms with Gasteiger partial charge in [-0.3, -0.25) is 4.98 Å². The lowest BCUT2D eigenvalue weighted by Gasteiger charge is -2.24. The Morgan fingerprint density at radius 3 is 2.25 bits per heavy atom. The van der Waals surface area contributed by atoms with Gasteiger partial charge in [0.1, 0.15) is 0 Å². The van der Waals surface area contributed by atoms with Gasteiger partial charge in [-0.1, -0.05) is 12.1 Å².